The number of para-hydroxylation sites is 1. The fourth-order valence-electron chi connectivity index (χ4n) is 1.34. The Morgan fingerprint density at radius 1 is 1.19 bits per heavy atom. The van der Waals surface area contributed by atoms with Gasteiger partial charge in [-0.05, 0) is 18.1 Å². The smallest absolute Gasteiger partial charge is 0.122 e. The van der Waals surface area contributed by atoms with Gasteiger partial charge in [0.05, 0.1) is 13.2 Å². The summed E-state index contributed by atoms with van der Waals surface area (Å²) in [5, 5.41) is 0. The molecule has 0 saturated heterocycles. The van der Waals surface area contributed by atoms with E-state index < -0.39 is 0 Å². The highest BCUT2D eigenvalue weighted by molar-refractivity contribution is 6.17. The number of allylic oxidation sites excluding steroid dienone is 1. The third kappa shape index (κ3) is 4.69. The second-order valence-electron chi connectivity index (χ2n) is 3.25. The zero-order valence-electron chi connectivity index (χ0n) is 9.32. The van der Waals surface area contributed by atoms with Crippen molar-refractivity contribution in [3.63, 3.8) is 0 Å². The summed E-state index contributed by atoms with van der Waals surface area (Å²) in [5.41, 5.74) is 1.15. The van der Waals surface area contributed by atoms with E-state index in [-0.39, 0.29) is 0 Å². The molecule has 2 nitrogen and oxygen atoms in total. The van der Waals surface area contributed by atoms with Gasteiger partial charge in [-0.3, -0.25) is 0 Å². The molecule has 0 unspecified atom stereocenters. The average molecular weight is 241 g/mol. The van der Waals surface area contributed by atoms with E-state index in [1.807, 2.05) is 30.3 Å². The SMILES string of the molecule is C=CCc1ccccc1OCCOCCCl. The molecule has 0 heterocycles. The van der Waals surface area contributed by atoms with Crippen molar-refractivity contribution < 1.29 is 9.47 Å². The summed E-state index contributed by atoms with van der Waals surface area (Å²) < 4.78 is 10.8. The molecule has 0 bridgehead atoms. The summed E-state index contributed by atoms with van der Waals surface area (Å²) in [6, 6.07) is 7.95. The summed E-state index contributed by atoms with van der Waals surface area (Å²) in [5.74, 6) is 1.42. The first kappa shape index (κ1) is 13.1. The van der Waals surface area contributed by atoms with Crippen LogP contribution in [0.1, 0.15) is 5.56 Å². The van der Waals surface area contributed by atoms with Crippen LogP contribution in [0.4, 0.5) is 0 Å². The van der Waals surface area contributed by atoms with Gasteiger partial charge in [0.25, 0.3) is 0 Å². The van der Waals surface area contributed by atoms with Gasteiger partial charge < -0.3 is 9.47 Å². The lowest BCUT2D eigenvalue weighted by atomic mass is 10.1. The fraction of sp³-hybridized carbons (Fsp3) is 0.385. The summed E-state index contributed by atoms with van der Waals surface area (Å²) in [7, 11) is 0. The second-order valence-corrected chi connectivity index (χ2v) is 3.63. The van der Waals surface area contributed by atoms with Crippen molar-refractivity contribution in [1.82, 2.24) is 0 Å². The van der Waals surface area contributed by atoms with Crippen molar-refractivity contribution in [2.75, 3.05) is 25.7 Å². The number of alkyl halides is 1. The molecule has 0 aliphatic carbocycles. The van der Waals surface area contributed by atoms with Crippen molar-refractivity contribution >= 4 is 11.6 Å². The molecule has 0 saturated carbocycles. The van der Waals surface area contributed by atoms with Crippen LogP contribution in [0.15, 0.2) is 36.9 Å². The van der Waals surface area contributed by atoms with E-state index in [2.05, 4.69) is 6.58 Å². The summed E-state index contributed by atoms with van der Waals surface area (Å²) in [4.78, 5) is 0. The number of halogens is 1. The Hall–Kier alpha value is -0.990. The molecule has 0 atom stereocenters. The van der Waals surface area contributed by atoms with Gasteiger partial charge in [-0.2, -0.15) is 0 Å². The minimum Gasteiger partial charge on any atom is -0.491 e. The predicted octanol–water partition coefficient (Wildman–Crippen LogP) is 3.05. The van der Waals surface area contributed by atoms with Crippen LogP contribution in [0.3, 0.4) is 0 Å². The topological polar surface area (TPSA) is 18.5 Å². The van der Waals surface area contributed by atoms with Crippen molar-refractivity contribution in [1.29, 1.82) is 0 Å². The number of hydrogen-bond donors (Lipinski definition) is 0. The monoisotopic (exact) mass is 240 g/mol. The Labute approximate surface area is 102 Å². The van der Waals surface area contributed by atoms with Gasteiger partial charge in [-0.25, -0.2) is 0 Å². The normalized spacial score (nSPS) is 10.1. The third-order valence-corrected chi connectivity index (χ3v) is 2.20. The molecule has 0 N–H and O–H groups in total. The van der Waals surface area contributed by atoms with Gasteiger partial charge in [0, 0.05) is 5.88 Å². The molecule has 1 aromatic carbocycles. The Morgan fingerprint density at radius 3 is 2.75 bits per heavy atom. The molecule has 0 aliphatic rings. The maximum atomic E-state index is 5.62. The maximum Gasteiger partial charge on any atom is 0.122 e. The summed E-state index contributed by atoms with van der Waals surface area (Å²) in [6.45, 7) is 5.40. The highest BCUT2D eigenvalue weighted by Crippen LogP contribution is 2.18. The quantitative estimate of drug-likeness (QED) is 0.395. The molecule has 0 fully saturated rings. The van der Waals surface area contributed by atoms with Crippen LogP contribution in [-0.4, -0.2) is 25.7 Å². The van der Waals surface area contributed by atoms with Crippen molar-refractivity contribution in [2.45, 2.75) is 6.42 Å². The average Bonchev–Trinajstić information content (AvgIpc) is 2.31. The minimum atomic E-state index is 0.521. The highest BCUT2D eigenvalue weighted by Gasteiger charge is 2.00. The van der Waals surface area contributed by atoms with Gasteiger partial charge in [0.1, 0.15) is 12.4 Å². The van der Waals surface area contributed by atoms with Crippen LogP contribution in [0, 0.1) is 0 Å². The van der Waals surface area contributed by atoms with Crippen LogP contribution in [0.2, 0.25) is 0 Å². The van der Waals surface area contributed by atoms with Crippen molar-refractivity contribution in [2.24, 2.45) is 0 Å². The van der Waals surface area contributed by atoms with E-state index in [0.717, 1.165) is 17.7 Å². The molecular weight excluding hydrogens is 224 g/mol. The first-order valence-electron chi connectivity index (χ1n) is 5.33. The van der Waals surface area contributed by atoms with Gasteiger partial charge in [-0.1, -0.05) is 24.3 Å². The molecule has 0 amide bonds. The van der Waals surface area contributed by atoms with Gasteiger partial charge in [0.15, 0.2) is 0 Å². The third-order valence-electron chi connectivity index (χ3n) is 2.04. The van der Waals surface area contributed by atoms with Crippen molar-refractivity contribution in [3.05, 3.63) is 42.5 Å². The van der Waals surface area contributed by atoms with Crippen LogP contribution < -0.4 is 4.74 Å². The highest BCUT2D eigenvalue weighted by atomic mass is 35.5. The molecule has 3 heteroatoms. The van der Waals surface area contributed by atoms with Crippen LogP contribution in [0.5, 0.6) is 5.75 Å². The number of benzene rings is 1. The molecule has 88 valence electrons. The number of rotatable bonds is 8. The van der Waals surface area contributed by atoms with E-state index in [1.54, 1.807) is 0 Å². The zero-order chi connectivity index (χ0) is 11.6. The van der Waals surface area contributed by atoms with E-state index in [9.17, 15) is 0 Å². The first-order valence-corrected chi connectivity index (χ1v) is 5.87. The molecule has 0 aromatic heterocycles. The Morgan fingerprint density at radius 2 is 2.00 bits per heavy atom. The lowest BCUT2D eigenvalue weighted by Crippen LogP contribution is -2.08. The van der Waals surface area contributed by atoms with Crippen molar-refractivity contribution in [3.8, 4) is 5.75 Å². The Balaban J connectivity index is 2.37. The van der Waals surface area contributed by atoms with Crippen LogP contribution in [0.25, 0.3) is 0 Å². The van der Waals surface area contributed by atoms with Crippen LogP contribution in [-0.2, 0) is 11.2 Å². The molecular formula is C13H17ClO2. The Bertz CT molecular complexity index is 313. The van der Waals surface area contributed by atoms with Gasteiger partial charge in [0.2, 0.25) is 0 Å². The molecule has 0 aliphatic heterocycles. The van der Waals surface area contributed by atoms with Crippen LogP contribution >= 0.6 is 11.6 Å². The van der Waals surface area contributed by atoms with E-state index in [1.165, 1.54) is 0 Å². The van der Waals surface area contributed by atoms with E-state index in [4.69, 9.17) is 21.1 Å². The zero-order valence-corrected chi connectivity index (χ0v) is 10.1. The second kappa shape index (κ2) is 8.20. The molecule has 0 spiro atoms. The van der Waals surface area contributed by atoms with Gasteiger partial charge in [-0.15, -0.1) is 18.2 Å². The molecule has 0 radical (unpaired) electrons. The minimum absolute atomic E-state index is 0.521. The lowest BCUT2D eigenvalue weighted by molar-refractivity contribution is 0.111. The summed E-state index contributed by atoms with van der Waals surface area (Å²) in [6.07, 6.45) is 2.69. The molecule has 16 heavy (non-hydrogen) atoms. The number of ether oxygens (including phenoxy) is 2. The largest absolute Gasteiger partial charge is 0.491 e. The van der Waals surface area contributed by atoms with Gasteiger partial charge >= 0.3 is 0 Å². The molecule has 1 aromatic rings. The fourth-order valence-corrected chi connectivity index (χ4v) is 1.45. The maximum absolute atomic E-state index is 5.62. The van der Waals surface area contributed by atoms with E-state index in [0.29, 0.717) is 25.7 Å². The Kier molecular flexibility index (Phi) is 6.70. The van der Waals surface area contributed by atoms with E-state index >= 15 is 0 Å². The lowest BCUT2D eigenvalue weighted by Gasteiger charge is -2.10. The number of hydrogen-bond acceptors (Lipinski definition) is 2. The standard InChI is InChI=1S/C13H17ClO2/c1-2-5-12-6-3-4-7-13(12)16-11-10-15-9-8-14/h2-4,6-7H,1,5,8-11H2. The molecule has 1 rings (SSSR count). The summed E-state index contributed by atoms with van der Waals surface area (Å²) >= 11 is 5.49. The predicted molar refractivity (Wildman–Crippen MR) is 67.4 cm³/mol. The first-order chi connectivity index (χ1) is 7.88.